The fraction of sp³-hybridized carbons (Fsp3) is 0.900. The largest absolute Gasteiger partial charge is 0.392 e. The number of rotatable bonds is 8. The molecule has 0 saturated heterocycles. The Morgan fingerprint density at radius 2 is 1.43 bits per heavy atom. The van der Waals surface area contributed by atoms with E-state index in [1.165, 1.54) is 0 Å². The molecule has 0 atom stereocenters. The van der Waals surface area contributed by atoms with Crippen molar-refractivity contribution < 1.29 is 0 Å². The van der Waals surface area contributed by atoms with E-state index in [1.54, 1.807) is 0 Å². The summed E-state index contributed by atoms with van der Waals surface area (Å²) in [6.07, 6.45) is 0. The summed E-state index contributed by atoms with van der Waals surface area (Å²) >= 11 is 4.90. The van der Waals surface area contributed by atoms with E-state index in [0.717, 1.165) is 39.3 Å². The normalized spacial score (nSPS) is 11.2. The molecule has 4 heteroatoms. The molecule has 3 nitrogen and oxygen atoms in total. The minimum atomic E-state index is 0.589. The van der Waals surface area contributed by atoms with Crippen molar-refractivity contribution in [3.05, 3.63) is 0 Å². The molecule has 0 spiro atoms. The monoisotopic (exact) mass is 217 g/mol. The van der Waals surface area contributed by atoms with E-state index in [2.05, 4.69) is 30.6 Å². The van der Waals surface area contributed by atoms with Gasteiger partial charge in [-0.2, -0.15) is 0 Å². The number of likely N-dealkylation sites (N-methyl/N-ethyl adjacent to an activating group) is 2. The van der Waals surface area contributed by atoms with Gasteiger partial charge in [-0.05, 0) is 19.6 Å². The molecule has 0 aliphatic rings. The maximum atomic E-state index is 5.52. The Balaban J connectivity index is 3.76. The van der Waals surface area contributed by atoms with Gasteiger partial charge in [0.05, 0.1) is 4.99 Å². The third-order valence-corrected chi connectivity index (χ3v) is 2.58. The van der Waals surface area contributed by atoms with Gasteiger partial charge in [-0.1, -0.05) is 33.0 Å². The van der Waals surface area contributed by atoms with Crippen LogP contribution in [0.1, 0.15) is 20.8 Å². The average Bonchev–Trinajstić information content (AvgIpc) is 2.17. The number of hydrogen-bond donors (Lipinski definition) is 1. The fourth-order valence-corrected chi connectivity index (χ4v) is 1.57. The first kappa shape index (κ1) is 13.8. The summed E-state index contributed by atoms with van der Waals surface area (Å²) in [5.74, 6) is 0. The minimum Gasteiger partial charge on any atom is -0.392 e. The van der Waals surface area contributed by atoms with Crippen LogP contribution in [0.4, 0.5) is 0 Å². The second-order valence-electron chi connectivity index (χ2n) is 3.36. The van der Waals surface area contributed by atoms with Crippen LogP contribution in [0.15, 0.2) is 0 Å². The van der Waals surface area contributed by atoms with Gasteiger partial charge in [-0.15, -0.1) is 0 Å². The molecule has 14 heavy (non-hydrogen) atoms. The molecule has 0 bridgehead atoms. The molecule has 0 unspecified atom stereocenters. The van der Waals surface area contributed by atoms with E-state index < -0.39 is 0 Å². The number of hydrogen-bond acceptors (Lipinski definition) is 3. The van der Waals surface area contributed by atoms with Gasteiger partial charge < -0.3 is 10.6 Å². The molecule has 0 heterocycles. The highest BCUT2D eigenvalue weighted by molar-refractivity contribution is 7.80. The van der Waals surface area contributed by atoms with Gasteiger partial charge >= 0.3 is 0 Å². The Hall–Kier alpha value is -0.190. The van der Waals surface area contributed by atoms with Gasteiger partial charge in [0.25, 0.3) is 0 Å². The van der Waals surface area contributed by atoms with Crippen LogP contribution in [0.2, 0.25) is 0 Å². The molecule has 84 valence electrons. The lowest BCUT2D eigenvalue weighted by atomic mass is 10.4. The van der Waals surface area contributed by atoms with Gasteiger partial charge in [0.15, 0.2) is 0 Å². The van der Waals surface area contributed by atoms with Gasteiger partial charge in [0.2, 0.25) is 0 Å². The topological polar surface area (TPSA) is 32.5 Å². The zero-order valence-electron chi connectivity index (χ0n) is 9.62. The third-order valence-electron chi connectivity index (χ3n) is 2.45. The van der Waals surface area contributed by atoms with E-state index in [0.29, 0.717) is 4.99 Å². The van der Waals surface area contributed by atoms with Gasteiger partial charge in [-0.25, -0.2) is 0 Å². The van der Waals surface area contributed by atoms with Crippen molar-refractivity contribution in [2.24, 2.45) is 5.73 Å². The Morgan fingerprint density at radius 1 is 1.00 bits per heavy atom. The first-order valence-electron chi connectivity index (χ1n) is 5.37. The summed E-state index contributed by atoms with van der Waals surface area (Å²) in [5.41, 5.74) is 5.52. The second kappa shape index (κ2) is 8.15. The highest BCUT2D eigenvalue weighted by Crippen LogP contribution is 1.92. The molecule has 0 aromatic carbocycles. The smallest absolute Gasteiger partial charge is 0.0870 e. The van der Waals surface area contributed by atoms with E-state index in [1.807, 2.05) is 0 Å². The molecule has 0 fully saturated rings. The van der Waals surface area contributed by atoms with E-state index in [4.69, 9.17) is 18.0 Å². The lowest BCUT2D eigenvalue weighted by Gasteiger charge is -2.24. The molecular formula is C10H23N3S. The Labute approximate surface area is 93.2 Å². The van der Waals surface area contributed by atoms with Crippen molar-refractivity contribution in [1.82, 2.24) is 9.80 Å². The highest BCUT2D eigenvalue weighted by Gasteiger charge is 2.05. The lowest BCUT2D eigenvalue weighted by molar-refractivity contribution is 0.237. The zero-order chi connectivity index (χ0) is 11.0. The third kappa shape index (κ3) is 6.29. The zero-order valence-corrected chi connectivity index (χ0v) is 10.4. The Morgan fingerprint density at radius 3 is 1.79 bits per heavy atom. The highest BCUT2D eigenvalue weighted by atomic mass is 32.1. The summed E-state index contributed by atoms with van der Waals surface area (Å²) in [5, 5.41) is 0. The maximum Gasteiger partial charge on any atom is 0.0870 e. The van der Waals surface area contributed by atoms with Gasteiger partial charge in [-0.3, -0.25) is 4.90 Å². The van der Waals surface area contributed by atoms with Crippen LogP contribution in [0.25, 0.3) is 0 Å². The lowest BCUT2D eigenvalue weighted by Crippen LogP contribution is -2.39. The van der Waals surface area contributed by atoms with E-state index in [-0.39, 0.29) is 0 Å². The quantitative estimate of drug-likeness (QED) is 0.613. The van der Waals surface area contributed by atoms with Crippen molar-refractivity contribution in [1.29, 1.82) is 0 Å². The number of thiocarbonyl (C=S) groups is 1. The summed E-state index contributed by atoms with van der Waals surface area (Å²) in [6.45, 7) is 12.6. The second-order valence-corrected chi connectivity index (χ2v) is 3.89. The molecular weight excluding hydrogens is 194 g/mol. The van der Waals surface area contributed by atoms with Gasteiger partial charge in [0.1, 0.15) is 0 Å². The summed E-state index contributed by atoms with van der Waals surface area (Å²) < 4.78 is 0. The van der Waals surface area contributed by atoms with Crippen molar-refractivity contribution in [2.45, 2.75) is 20.8 Å². The molecule has 0 aromatic heterocycles. The SMILES string of the molecule is CCN(CC)CCN(CC)CC(N)=S. The van der Waals surface area contributed by atoms with Gasteiger partial charge in [0, 0.05) is 19.6 Å². The van der Waals surface area contributed by atoms with Crippen LogP contribution < -0.4 is 5.73 Å². The van der Waals surface area contributed by atoms with E-state index >= 15 is 0 Å². The van der Waals surface area contributed by atoms with Crippen molar-refractivity contribution >= 4 is 17.2 Å². The van der Waals surface area contributed by atoms with E-state index in [9.17, 15) is 0 Å². The molecule has 0 saturated carbocycles. The maximum absolute atomic E-state index is 5.52. The standard InChI is InChI=1S/C10H23N3S/c1-4-12(5-2)7-8-13(6-3)9-10(11)14/h4-9H2,1-3H3,(H2,11,14). The molecule has 0 radical (unpaired) electrons. The van der Waals surface area contributed by atoms with Crippen LogP contribution in [-0.2, 0) is 0 Å². The molecule has 0 aliphatic heterocycles. The van der Waals surface area contributed by atoms with Crippen molar-refractivity contribution in [3.63, 3.8) is 0 Å². The Bertz CT molecular complexity index is 157. The molecule has 0 amide bonds. The molecule has 0 aliphatic carbocycles. The predicted octanol–water partition coefficient (Wildman–Crippen LogP) is 0.936. The summed E-state index contributed by atoms with van der Waals surface area (Å²) in [6, 6.07) is 0. The van der Waals surface area contributed by atoms with Crippen LogP contribution in [0, 0.1) is 0 Å². The van der Waals surface area contributed by atoms with Crippen LogP contribution in [0.5, 0.6) is 0 Å². The minimum absolute atomic E-state index is 0.589. The molecule has 0 aromatic rings. The fourth-order valence-electron chi connectivity index (χ4n) is 1.39. The van der Waals surface area contributed by atoms with Crippen LogP contribution in [0.3, 0.4) is 0 Å². The Kier molecular flexibility index (Phi) is 8.04. The number of nitrogens with two attached hydrogens (primary N) is 1. The molecule has 2 N–H and O–H groups in total. The first-order valence-corrected chi connectivity index (χ1v) is 5.77. The number of nitrogens with zero attached hydrogens (tertiary/aromatic N) is 2. The van der Waals surface area contributed by atoms with Crippen molar-refractivity contribution in [3.8, 4) is 0 Å². The first-order chi connectivity index (χ1) is 6.63. The summed E-state index contributed by atoms with van der Waals surface area (Å²) in [4.78, 5) is 5.27. The predicted molar refractivity (Wildman–Crippen MR) is 66.7 cm³/mol. The van der Waals surface area contributed by atoms with Crippen LogP contribution in [-0.4, -0.2) is 54.1 Å². The summed E-state index contributed by atoms with van der Waals surface area (Å²) in [7, 11) is 0. The average molecular weight is 217 g/mol. The van der Waals surface area contributed by atoms with Crippen molar-refractivity contribution in [2.75, 3.05) is 39.3 Å². The van der Waals surface area contributed by atoms with Crippen LogP contribution >= 0.6 is 12.2 Å². The molecule has 0 rings (SSSR count).